The molecule has 0 saturated carbocycles. The fraction of sp³-hybridized carbons (Fsp3) is 0.348. The fourth-order valence-electron chi connectivity index (χ4n) is 8.09. The van der Waals surface area contributed by atoms with Crippen LogP contribution in [0.2, 0.25) is 0 Å². The van der Waals surface area contributed by atoms with Crippen molar-refractivity contribution in [1.82, 2.24) is 38.7 Å². The van der Waals surface area contributed by atoms with Crippen LogP contribution in [0, 0.1) is 12.7 Å². The first kappa shape index (κ1) is 42.0. The van der Waals surface area contributed by atoms with Crippen LogP contribution >= 0.6 is 11.8 Å². The maximum atomic E-state index is 16.8. The van der Waals surface area contributed by atoms with Crippen LogP contribution in [0.3, 0.4) is 0 Å². The molecule has 5 heterocycles. The molecule has 0 unspecified atom stereocenters. The van der Waals surface area contributed by atoms with E-state index < -0.39 is 21.3 Å². The average molecular weight is 861 g/mol. The molecular formula is C46H49FN8O4S2. The molecule has 0 spiro atoms. The number of halogens is 1. The van der Waals surface area contributed by atoms with Crippen molar-refractivity contribution < 1.29 is 22.3 Å². The Morgan fingerprint density at radius 1 is 1.00 bits per heavy atom. The molecule has 15 heteroatoms. The predicted octanol–water partition coefficient (Wildman–Crippen LogP) is 8.96. The van der Waals surface area contributed by atoms with Crippen LogP contribution in [0.5, 0.6) is 0 Å². The largest absolute Gasteiger partial charge is 0.466 e. The highest BCUT2D eigenvalue weighted by atomic mass is 32.2. The minimum atomic E-state index is -4.04. The first-order valence-corrected chi connectivity index (χ1v) is 22.8. The van der Waals surface area contributed by atoms with Gasteiger partial charge in [-0.3, -0.25) is 9.78 Å². The van der Waals surface area contributed by atoms with Gasteiger partial charge in [-0.05, 0) is 87.1 Å². The van der Waals surface area contributed by atoms with E-state index in [-0.39, 0.29) is 28.3 Å². The number of hydrogen-bond donors (Lipinski definition) is 0. The average Bonchev–Trinajstić information content (AvgIpc) is 4.00. The number of nitrogens with zero attached hydrogens (tertiary/aromatic N) is 8. The highest BCUT2D eigenvalue weighted by Crippen LogP contribution is 2.41. The summed E-state index contributed by atoms with van der Waals surface area (Å²) in [6, 6.07) is 21.6. The third-order valence-electron chi connectivity index (χ3n) is 11.8. The quantitative estimate of drug-likeness (QED) is 0.143. The summed E-state index contributed by atoms with van der Waals surface area (Å²) in [6.45, 7) is 10.7. The predicted molar refractivity (Wildman–Crippen MR) is 232 cm³/mol. The second-order valence-corrected chi connectivity index (χ2v) is 19.5. The molecule has 0 fully saturated rings. The van der Waals surface area contributed by atoms with Crippen LogP contribution in [0.1, 0.15) is 93.6 Å². The number of ether oxygens (including phenoxy) is 1. The number of fused-ring (bicyclic) bond motifs is 10. The molecule has 316 valence electrons. The molecule has 6 bridgehead atoms. The van der Waals surface area contributed by atoms with Gasteiger partial charge in [-0.25, -0.2) is 31.1 Å². The van der Waals surface area contributed by atoms with Gasteiger partial charge >= 0.3 is 5.97 Å². The molecule has 1 atom stereocenters. The Hall–Kier alpha value is -5.67. The Bertz CT molecular complexity index is 2870. The van der Waals surface area contributed by atoms with Crippen molar-refractivity contribution in [2.24, 2.45) is 7.05 Å². The molecule has 1 aliphatic heterocycles. The molecule has 3 aromatic carbocycles. The number of carbonyl (C=O) groups excluding carboxylic acids is 1. The van der Waals surface area contributed by atoms with Crippen molar-refractivity contribution in [1.29, 1.82) is 0 Å². The van der Waals surface area contributed by atoms with E-state index in [4.69, 9.17) is 19.8 Å². The number of aromatic nitrogens is 8. The first-order chi connectivity index (χ1) is 29.2. The Labute approximate surface area is 359 Å². The Kier molecular flexibility index (Phi) is 11.5. The fourth-order valence-corrected chi connectivity index (χ4v) is 10.4. The van der Waals surface area contributed by atoms with Crippen LogP contribution in [-0.4, -0.2) is 59.7 Å². The van der Waals surface area contributed by atoms with Crippen LogP contribution in [-0.2, 0) is 50.4 Å². The van der Waals surface area contributed by atoms with Crippen LogP contribution in [0.4, 0.5) is 4.39 Å². The smallest absolute Gasteiger partial charge is 0.306 e. The number of rotatable bonds is 7. The molecule has 0 saturated heterocycles. The van der Waals surface area contributed by atoms with Crippen LogP contribution < -0.4 is 0 Å². The van der Waals surface area contributed by atoms with E-state index in [9.17, 15) is 13.2 Å². The van der Waals surface area contributed by atoms with E-state index in [2.05, 4.69) is 43.2 Å². The number of benzene rings is 3. The highest BCUT2D eigenvalue weighted by Gasteiger charge is 2.35. The van der Waals surface area contributed by atoms with Crippen molar-refractivity contribution in [2.75, 3.05) is 6.61 Å². The number of pyridine rings is 1. The lowest BCUT2D eigenvalue weighted by Crippen LogP contribution is -2.26. The second-order valence-electron chi connectivity index (χ2n) is 16.6. The Balaban J connectivity index is 1.23. The molecule has 7 aromatic rings. The molecular weight excluding hydrogens is 812 g/mol. The zero-order chi connectivity index (χ0) is 43.1. The summed E-state index contributed by atoms with van der Waals surface area (Å²) in [7, 11) is -2.19. The maximum Gasteiger partial charge on any atom is 0.306 e. The molecule has 12 nitrogen and oxygen atoms in total. The van der Waals surface area contributed by atoms with Gasteiger partial charge in [0, 0.05) is 53.8 Å². The van der Waals surface area contributed by atoms with Gasteiger partial charge in [0.05, 0.1) is 39.6 Å². The Morgan fingerprint density at radius 3 is 2.57 bits per heavy atom. The summed E-state index contributed by atoms with van der Waals surface area (Å²) < 4.78 is 54.5. The zero-order valence-electron chi connectivity index (χ0n) is 35.2. The summed E-state index contributed by atoms with van der Waals surface area (Å²) in [6.07, 6.45) is 9.25. The molecule has 61 heavy (non-hydrogen) atoms. The third-order valence-corrected chi connectivity index (χ3v) is 14.6. The van der Waals surface area contributed by atoms with E-state index in [0.717, 1.165) is 52.0 Å². The molecule has 4 aromatic heterocycles. The summed E-state index contributed by atoms with van der Waals surface area (Å²) in [5.41, 5.74) is 4.25. The molecule has 8 rings (SSSR count). The maximum absolute atomic E-state index is 16.8. The summed E-state index contributed by atoms with van der Waals surface area (Å²) in [5, 5.41) is 14.8. The van der Waals surface area contributed by atoms with E-state index in [1.807, 2.05) is 51.4 Å². The monoisotopic (exact) mass is 860 g/mol. The van der Waals surface area contributed by atoms with E-state index in [1.54, 1.807) is 45.9 Å². The number of carbonyl (C=O) groups is 1. The molecule has 0 amide bonds. The van der Waals surface area contributed by atoms with E-state index in [1.165, 1.54) is 24.0 Å². The van der Waals surface area contributed by atoms with Gasteiger partial charge in [0.15, 0.2) is 11.6 Å². The summed E-state index contributed by atoms with van der Waals surface area (Å²) in [4.78, 5) is 23.3. The number of esters is 1. The van der Waals surface area contributed by atoms with Crippen LogP contribution in [0.15, 0.2) is 106 Å². The summed E-state index contributed by atoms with van der Waals surface area (Å²) in [5.74, 6) is 0.417. The normalized spacial score (nSPS) is 17.0. The highest BCUT2D eigenvalue weighted by molar-refractivity contribution is 7.99. The molecule has 1 aliphatic rings. The lowest BCUT2D eigenvalue weighted by molar-refractivity contribution is -0.143. The van der Waals surface area contributed by atoms with Gasteiger partial charge in [-0.1, -0.05) is 85.6 Å². The van der Waals surface area contributed by atoms with Gasteiger partial charge in [0.2, 0.25) is 0 Å². The van der Waals surface area contributed by atoms with Gasteiger partial charge in [0.1, 0.15) is 11.5 Å². The van der Waals surface area contributed by atoms with Gasteiger partial charge in [-0.2, -0.15) is 5.10 Å². The van der Waals surface area contributed by atoms with Gasteiger partial charge < -0.3 is 4.74 Å². The standard InChI is InChI=1S/C46H49FN8O4S2/c1-7-59-41(56)18-15-31-11-10-12-32(25-31)46(5)22-9-8-21-45(3,4)40-29-54(52-50-40)28-36-35-20-24-55(61(57,58)34-16-13-30(2)14-17-34)39(35)27-37(47)42(36)60-33-19-23-48-38(26-33)43-49-44(46)51-53(43)6/h10-14,16-17,19-20,23-27,29H,7-9,15,18,21-22,28H2,1-6H3/t46-/m1/s1. The van der Waals surface area contributed by atoms with Crippen molar-refractivity contribution in [3.8, 4) is 11.5 Å². The molecule has 0 aliphatic carbocycles. The minimum absolute atomic E-state index is 0.110. The van der Waals surface area contributed by atoms with Gasteiger partial charge in [0.25, 0.3) is 10.0 Å². The first-order valence-electron chi connectivity index (χ1n) is 20.5. The van der Waals surface area contributed by atoms with Crippen molar-refractivity contribution in [3.05, 3.63) is 131 Å². The lowest BCUT2D eigenvalue weighted by Gasteiger charge is -2.29. The van der Waals surface area contributed by atoms with Crippen LogP contribution in [0.25, 0.3) is 22.4 Å². The Morgan fingerprint density at radius 2 is 1.79 bits per heavy atom. The van der Waals surface area contributed by atoms with Crippen molar-refractivity contribution >= 4 is 38.7 Å². The molecule has 0 radical (unpaired) electrons. The topological polar surface area (TPSA) is 140 Å². The molecule has 0 N–H and O–H groups in total. The van der Waals surface area contributed by atoms with Crippen molar-refractivity contribution in [3.63, 3.8) is 0 Å². The summed E-state index contributed by atoms with van der Waals surface area (Å²) >= 11 is 1.23. The number of hydrogen-bond acceptors (Lipinski definition) is 10. The zero-order valence-corrected chi connectivity index (χ0v) is 36.9. The second kappa shape index (κ2) is 16.7. The van der Waals surface area contributed by atoms with Crippen molar-refractivity contribution in [2.45, 2.75) is 105 Å². The van der Waals surface area contributed by atoms with E-state index >= 15 is 4.39 Å². The van der Waals surface area contributed by atoms with Gasteiger partial charge in [-0.15, -0.1) is 5.10 Å². The third kappa shape index (κ3) is 8.37. The minimum Gasteiger partial charge on any atom is -0.466 e. The lowest BCUT2D eigenvalue weighted by atomic mass is 9.75. The van der Waals surface area contributed by atoms with E-state index in [0.29, 0.717) is 57.5 Å². The SMILES string of the molecule is CCOC(=O)CCc1cccc([C@@]2(C)CCCCC(C)(C)c3cn(nn3)Cc3c(c(F)cc4c3ccn4S(=O)(=O)c3ccc(C)cc3)Sc3ccnc(c3)-c3nc2nn3C)c1. The number of aryl methyl sites for hydroxylation is 3.